The van der Waals surface area contributed by atoms with Gasteiger partial charge in [-0.15, -0.1) is 0 Å². The highest BCUT2D eigenvalue weighted by molar-refractivity contribution is 5.40. The van der Waals surface area contributed by atoms with Gasteiger partial charge in [0.15, 0.2) is 0 Å². The third-order valence-corrected chi connectivity index (χ3v) is 11.3. The van der Waals surface area contributed by atoms with Crippen LogP contribution >= 0.6 is 0 Å². The number of rotatable bonds is 0. The van der Waals surface area contributed by atoms with Crippen LogP contribution in [0.5, 0.6) is 0 Å². The van der Waals surface area contributed by atoms with Gasteiger partial charge in [0.2, 0.25) is 0 Å². The molecule has 5 aromatic carbocycles. The van der Waals surface area contributed by atoms with Crippen molar-refractivity contribution >= 4 is 0 Å². The van der Waals surface area contributed by atoms with Crippen LogP contribution in [0.3, 0.4) is 0 Å². The fourth-order valence-electron chi connectivity index (χ4n) is 7.72. The fourth-order valence-corrected chi connectivity index (χ4v) is 7.72. The van der Waals surface area contributed by atoms with E-state index in [1.165, 1.54) is 83.5 Å². The predicted octanol–water partition coefficient (Wildman–Crippen LogP) is 18.0. The molecule has 0 heteroatoms. The Morgan fingerprint density at radius 3 is 1.07 bits per heavy atom. The van der Waals surface area contributed by atoms with Gasteiger partial charge in [0.1, 0.15) is 0 Å². The number of aryl methyl sites for hydroxylation is 9. The van der Waals surface area contributed by atoms with Gasteiger partial charge in [0.05, 0.1) is 0 Å². The maximum atomic E-state index is 2.29. The van der Waals surface area contributed by atoms with E-state index < -0.39 is 0 Å². The van der Waals surface area contributed by atoms with Crippen molar-refractivity contribution in [1.29, 1.82) is 0 Å². The summed E-state index contributed by atoms with van der Waals surface area (Å²) in [5.41, 5.74) is 22.5. The lowest BCUT2D eigenvalue weighted by Gasteiger charge is -2.23. The highest BCUT2D eigenvalue weighted by Crippen LogP contribution is 2.30. The molecule has 0 fully saturated rings. The maximum absolute atomic E-state index is 2.29. The van der Waals surface area contributed by atoms with Crippen LogP contribution in [0.25, 0.3) is 0 Å². The smallest absolute Gasteiger partial charge is 0.0127 e. The van der Waals surface area contributed by atoms with Gasteiger partial charge in [0, 0.05) is 0 Å². The minimum absolute atomic E-state index is 0.273. The molecule has 0 saturated heterocycles. The second-order valence-corrected chi connectivity index (χ2v) is 22.8. The van der Waals surface area contributed by atoms with E-state index in [-0.39, 0.29) is 27.1 Å². The van der Waals surface area contributed by atoms with Crippen LogP contribution in [0.2, 0.25) is 0 Å². The van der Waals surface area contributed by atoms with Crippen molar-refractivity contribution in [2.45, 2.75) is 200 Å². The molecule has 60 heavy (non-hydrogen) atoms. The molecule has 0 bridgehead atoms. The molecule has 5 rings (SSSR count). The molecule has 0 heterocycles. The molecular weight excluding hydrogens is 721 g/mol. The fraction of sp³-hybridized carbons (Fsp3) is 0.500. The molecule has 0 aliphatic carbocycles. The highest BCUT2D eigenvalue weighted by Gasteiger charge is 2.19. The minimum atomic E-state index is 0.273. The minimum Gasteiger partial charge on any atom is -0.0617 e. The first-order chi connectivity index (χ1) is 27.1. The van der Waals surface area contributed by atoms with Gasteiger partial charge < -0.3 is 0 Å². The van der Waals surface area contributed by atoms with E-state index in [1.54, 1.807) is 0 Å². The molecule has 0 aromatic heterocycles. The molecule has 0 aliphatic heterocycles. The molecule has 0 N–H and O–H groups in total. The van der Waals surface area contributed by atoms with Crippen LogP contribution in [0.4, 0.5) is 0 Å². The van der Waals surface area contributed by atoms with Crippen LogP contribution in [0.15, 0.2) is 91.0 Å². The van der Waals surface area contributed by atoms with Gasteiger partial charge >= 0.3 is 0 Å². The molecule has 330 valence electrons. The Balaban J connectivity index is 0.000000375. The predicted molar refractivity (Wildman–Crippen MR) is 273 cm³/mol. The van der Waals surface area contributed by atoms with E-state index in [0.717, 1.165) is 0 Å². The van der Waals surface area contributed by atoms with Crippen LogP contribution in [0.1, 0.15) is 187 Å². The first-order valence-electron chi connectivity index (χ1n) is 22.4. The number of hydrogen-bond donors (Lipinski definition) is 0. The van der Waals surface area contributed by atoms with Gasteiger partial charge in [-0.2, -0.15) is 0 Å². The Morgan fingerprint density at radius 1 is 0.267 bits per heavy atom. The Bertz CT molecular complexity index is 2040. The summed E-state index contributed by atoms with van der Waals surface area (Å²) in [6.45, 7) is 55.6. The molecule has 0 spiro atoms. The van der Waals surface area contributed by atoms with Crippen molar-refractivity contribution in [3.05, 3.63) is 174 Å². The summed E-state index contributed by atoms with van der Waals surface area (Å²) in [4.78, 5) is 0. The summed E-state index contributed by atoms with van der Waals surface area (Å²) in [6.07, 6.45) is 0. The summed E-state index contributed by atoms with van der Waals surface area (Å²) in [7, 11) is 0. The van der Waals surface area contributed by atoms with Crippen molar-refractivity contribution in [2.24, 2.45) is 0 Å². The zero-order chi connectivity index (χ0) is 46.8. The van der Waals surface area contributed by atoms with Crippen molar-refractivity contribution < 1.29 is 0 Å². The second kappa shape index (κ2) is 21.8. The van der Waals surface area contributed by atoms with Gasteiger partial charge in [-0.25, -0.2) is 0 Å². The Morgan fingerprint density at radius 2 is 0.700 bits per heavy atom. The number of hydrogen-bond acceptors (Lipinski definition) is 0. The van der Waals surface area contributed by atoms with Crippen molar-refractivity contribution in [1.82, 2.24) is 0 Å². The highest BCUT2D eigenvalue weighted by atomic mass is 14.2. The van der Waals surface area contributed by atoms with Crippen LogP contribution < -0.4 is 0 Å². The van der Waals surface area contributed by atoms with E-state index in [2.05, 4.69) is 264 Å². The normalized spacial score (nSPS) is 11.8. The Hall–Kier alpha value is -3.90. The SMILES string of the molecule is Cc1cc(C)cc(C(C)(C)C)c1.Cc1ccc(C(C)(C)C)cc1C.Cc1ccc(C)c(C(C)(C)C)c1.Cc1cccc(C(C)(C)C)c1C.Cc1cccc(C)c1C(C)(C)C. The quantitative estimate of drug-likeness (QED) is 0.146. The van der Waals surface area contributed by atoms with Gasteiger partial charge in [-0.3, -0.25) is 0 Å². The molecular formula is C60H90. The van der Waals surface area contributed by atoms with Crippen LogP contribution in [-0.2, 0) is 27.1 Å². The monoisotopic (exact) mass is 811 g/mol. The molecule has 0 saturated carbocycles. The van der Waals surface area contributed by atoms with Crippen molar-refractivity contribution in [3.63, 3.8) is 0 Å². The summed E-state index contributed by atoms with van der Waals surface area (Å²) < 4.78 is 0. The zero-order valence-electron chi connectivity index (χ0n) is 43.7. The topological polar surface area (TPSA) is 0 Å². The lowest BCUT2D eigenvalue weighted by molar-refractivity contribution is 0.582. The summed E-state index contributed by atoms with van der Waals surface area (Å²) >= 11 is 0. The largest absolute Gasteiger partial charge is 0.0617 e. The lowest BCUT2D eigenvalue weighted by Crippen LogP contribution is -2.14. The summed E-state index contributed by atoms with van der Waals surface area (Å²) in [5, 5.41) is 0. The van der Waals surface area contributed by atoms with Crippen LogP contribution in [-0.4, -0.2) is 0 Å². The molecule has 0 amide bonds. The zero-order valence-corrected chi connectivity index (χ0v) is 43.7. The first kappa shape index (κ1) is 54.1. The molecule has 0 nitrogen and oxygen atoms in total. The molecule has 0 unspecified atom stereocenters. The Labute approximate surface area is 373 Å². The van der Waals surface area contributed by atoms with E-state index in [1.807, 2.05) is 0 Å². The summed E-state index contributed by atoms with van der Waals surface area (Å²) in [6, 6.07) is 33.2. The third-order valence-electron chi connectivity index (χ3n) is 11.3. The van der Waals surface area contributed by atoms with Gasteiger partial charge in [-0.1, -0.05) is 212 Å². The van der Waals surface area contributed by atoms with Gasteiger partial charge in [-0.05, 0) is 163 Å². The molecule has 0 radical (unpaired) electrons. The lowest BCUT2D eigenvalue weighted by atomic mass is 9.81. The average Bonchev–Trinajstić information content (AvgIpc) is 3.06. The first-order valence-corrected chi connectivity index (χ1v) is 22.4. The van der Waals surface area contributed by atoms with Crippen molar-refractivity contribution in [2.75, 3.05) is 0 Å². The van der Waals surface area contributed by atoms with Crippen LogP contribution in [0, 0.1) is 69.2 Å². The van der Waals surface area contributed by atoms with E-state index >= 15 is 0 Å². The third kappa shape index (κ3) is 18.0. The van der Waals surface area contributed by atoms with Crippen molar-refractivity contribution in [3.8, 4) is 0 Å². The molecule has 5 aromatic rings. The van der Waals surface area contributed by atoms with E-state index in [0.29, 0.717) is 0 Å². The summed E-state index contributed by atoms with van der Waals surface area (Å²) in [5.74, 6) is 0. The van der Waals surface area contributed by atoms with E-state index in [4.69, 9.17) is 0 Å². The molecule has 0 aliphatic rings. The van der Waals surface area contributed by atoms with E-state index in [9.17, 15) is 0 Å². The maximum Gasteiger partial charge on any atom is -0.0127 e. The average molecular weight is 811 g/mol. The van der Waals surface area contributed by atoms with Gasteiger partial charge in [0.25, 0.3) is 0 Å². The standard InChI is InChI=1S/5C12H18/c1-9-6-10(2)8-11(7-9)12(3,4)5;1-9-6-7-11(8-10(9)2)12(3,4)5;1-9-6-7-10(2)11(8-9)12(3,4)5;1-9-7-6-8-11(10(9)2)12(3,4)5;1-9-7-6-8-10(2)11(9)12(3,4)5/h5*6-8H,1-5H3. The number of benzene rings is 5. The second-order valence-electron chi connectivity index (χ2n) is 22.8. The molecule has 0 atom stereocenters. The Kier molecular flexibility index (Phi) is 19.6.